The van der Waals surface area contributed by atoms with E-state index in [9.17, 15) is 9.59 Å². The molecule has 138 valence electrons. The molecule has 0 saturated heterocycles. The Kier molecular flexibility index (Phi) is 7.71. The number of benzene rings is 1. The number of nitrogens with zero attached hydrogens (tertiary/aromatic N) is 1. The van der Waals surface area contributed by atoms with Crippen LogP contribution in [0.1, 0.15) is 36.7 Å². The van der Waals surface area contributed by atoms with E-state index in [0.29, 0.717) is 31.2 Å². The molecular formula is C17H27N5O3. The minimum atomic E-state index is -0.519. The van der Waals surface area contributed by atoms with Crippen molar-refractivity contribution in [1.29, 1.82) is 0 Å². The minimum absolute atomic E-state index is 0.396. The topological polar surface area (TPSA) is 118 Å². The Labute approximate surface area is 148 Å². The van der Waals surface area contributed by atoms with Gasteiger partial charge in [0.05, 0.1) is 0 Å². The van der Waals surface area contributed by atoms with Gasteiger partial charge in [-0.05, 0) is 38.5 Å². The highest BCUT2D eigenvalue weighted by molar-refractivity contribution is 5.92. The van der Waals surface area contributed by atoms with Crippen LogP contribution in [0.15, 0.2) is 29.3 Å². The zero-order chi connectivity index (χ0) is 18.9. The van der Waals surface area contributed by atoms with Crippen LogP contribution in [-0.4, -0.2) is 43.7 Å². The van der Waals surface area contributed by atoms with Gasteiger partial charge in [0.2, 0.25) is 5.91 Å². The first kappa shape index (κ1) is 20.3. The van der Waals surface area contributed by atoms with Gasteiger partial charge in [-0.2, -0.15) is 0 Å². The molecule has 0 saturated carbocycles. The third-order valence-corrected chi connectivity index (χ3v) is 2.98. The first-order chi connectivity index (χ1) is 11.7. The van der Waals surface area contributed by atoms with Crippen LogP contribution in [0.3, 0.4) is 0 Å². The van der Waals surface area contributed by atoms with Gasteiger partial charge in [-0.25, -0.2) is 4.79 Å². The average Bonchev–Trinajstić information content (AvgIpc) is 2.52. The number of ether oxygens (including phenoxy) is 1. The fourth-order valence-corrected chi connectivity index (χ4v) is 1.90. The molecule has 1 aromatic carbocycles. The number of nitrogens with two attached hydrogens (primary N) is 1. The lowest BCUT2D eigenvalue weighted by Gasteiger charge is -2.20. The zero-order valence-electron chi connectivity index (χ0n) is 15.2. The summed E-state index contributed by atoms with van der Waals surface area (Å²) in [6, 6.07) is 7.06. The Morgan fingerprint density at radius 1 is 1.16 bits per heavy atom. The molecule has 5 N–H and O–H groups in total. The van der Waals surface area contributed by atoms with Gasteiger partial charge in [-0.15, -0.1) is 0 Å². The quantitative estimate of drug-likeness (QED) is 0.347. The summed E-state index contributed by atoms with van der Waals surface area (Å²) < 4.78 is 5.15. The number of carbonyl (C=O) groups is 2. The number of alkyl carbamates (subject to hydrolysis) is 1. The van der Waals surface area contributed by atoms with Gasteiger partial charge in [-0.1, -0.05) is 12.1 Å². The van der Waals surface area contributed by atoms with Crippen LogP contribution >= 0.6 is 0 Å². The first-order valence-electron chi connectivity index (χ1n) is 8.01. The minimum Gasteiger partial charge on any atom is -0.444 e. The van der Waals surface area contributed by atoms with E-state index < -0.39 is 17.6 Å². The normalized spacial score (nSPS) is 11.6. The van der Waals surface area contributed by atoms with Crippen molar-refractivity contribution in [2.24, 2.45) is 10.7 Å². The zero-order valence-corrected chi connectivity index (χ0v) is 15.2. The molecule has 1 rings (SSSR count). The summed E-state index contributed by atoms with van der Waals surface area (Å²) in [6.45, 7) is 6.80. The molecule has 0 aromatic heterocycles. The summed E-state index contributed by atoms with van der Waals surface area (Å²) in [5.74, 6) is 0.119. The molecule has 2 amide bonds. The maximum atomic E-state index is 11.5. The van der Waals surface area contributed by atoms with Crippen molar-refractivity contribution < 1.29 is 14.3 Å². The Balaban J connectivity index is 2.35. The second-order valence-corrected chi connectivity index (χ2v) is 6.35. The maximum absolute atomic E-state index is 11.5. The number of aliphatic imine (C=N–C) groups is 1. The second kappa shape index (κ2) is 9.51. The summed E-state index contributed by atoms with van der Waals surface area (Å²) in [5.41, 5.74) is 6.12. The number of hydrogen-bond acceptors (Lipinski definition) is 4. The number of primary amides is 1. The Bertz CT molecular complexity index is 623. The third-order valence-electron chi connectivity index (χ3n) is 2.98. The van der Waals surface area contributed by atoms with Gasteiger partial charge < -0.3 is 26.4 Å². The van der Waals surface area contributed by atoms with E-state index in [1.54, 1.807) is 25.2 Å². The highest BCUT2D eigenvalue weighted by Gasteiger charge is 2.15. The second-order valence-electron chi connectivity index (χ2n) is 6.35. The predicted molar refractivity (Wildman–Crippen MR) is 97.4 cm³/mol. The average molecular weight is 349 g/mol. The highest BCUT2D eigenvalue weighted by atomic mass is 16.6. The van der Waals surface area contributed by atoms with Crippen molar-refractivity contribution in [3.8, 4) is 0 Å². The Hall–Kier alpha value is -2.77. The summed E-state index contributed by atoms with van der Waals surface area (Å²) in [4.78, 5) is 26.8. The number of guanidine groups is 1. The van der Waals surface area contributed by atoms with Gasteiger partial charge in [0.15, 0.2) is 5.96 Å². The number of nitrogens with one attached hydrogen (secondary N) is 3. The predicted octanol–water partition coefficient (Wildman–Crippen LogP) is 0.975. The van der Waals surface area contributed by atoms with Crippen LogP contribution in [0.4, 0.5) is 4.79 Å². The number of amides is 2. The summed E-state index contributed by atoms with van der Waals surface area (Å²) in [5, 5.41) is 8.85. The van der Waals surface area contributed by atoms with E-state index in [1.807, 2.05) is 26.8 Å². The molecule has 0 aliphatic rings. The summed E-state index contributed by atoms with van der Waals surface area (Å²) in [6.07, 6.45) is -0.458. The van der Waals surface area contributed by atoms with Crippen molar-refractivity contribution in [3.63, 3.8) is 0 Å². The molecule has 8 nitrogen and oxygen atoms in total. The van der Waals surface area contributed by atoms with E-state index >= 15 is 0 Å². The number of hydrogen-bond donors (Lipinski definition) is 4. The SMILES string of the molecule is CN=C(NCCNC(=O)OC(C)(C)C)NCc1cccc(C(N)=O)c1. The Morgan fingerprint density at radius 3 is 2.44 bits per heavy atom. The van der Waals surface area contributed by atoms with E-state index in [0.717, 1.165) is 5.56 Å². The first-order valence-corrected chi connectivity index (χ1v) is 8.01. The molecule has 8 heteroatoms. The molecule has 0 unspecified atom stereocenters. The highest BCUT2D eigenvalue weighted by Crippen LogP contribution is 2.06. The van der Waals surface area contributed by atoms with E-state index in [1.165, 1.54) is 0 Å². The molecule has 0 bridgehead atoms. The molecule has 25 heavy (non-hydrogen) atoms. The van der Waals surface area contributed by atoms with Crippen molar-refractivity contribution in [1.82, 2.24) is 16.0 Å². The standard InChI is InChI=1S/C17H27N5O3/c1-17(2,3)25-16(24)21-9-8-20-15(19-4)22-11-12-6-5-7-13(10-12)14(18)23/h5-7,10H,8-9,11H2,1-4H3,(H2,18,23)(H,21,24)(H2,19,20,22). The monoisotopic (exact) mass is 349 g/mol. The molecule has 0 spiro atoms. The number of carbonyl (C=O) groups excluding carboxylic acids is 2. The van der Waals surface area contributed by atoms with E-state index in [2.05, 4.69) is 20.9 Å². The third kappa shape index (κ3) is 8.59. The van der Waals surface area contributed by atoms with Crippen LogP contribution in [0, 0.1) is 0 Å². The fourth-order valence-electron chi connectivity index (χ4n) is 1.90. The summed E-state index contributed by atoms with van der Waals surface area (Å²) >= 11 is 0. The molecule has 0 radical (unpaired) electrons. The largest absolute Gasteiger partial charge is 0.444 e. The smallest absolute Gasteiger partial charge is 0.407 e. The fraction of sp³-hybridized carbons (Fsp3) is 0.471. The maximum Gasteiger partial charge on any atom is 0.407 e. The molecule has 1 aromatic rings. The van der Waals surface area contributed by atoms with Crippen LogP contribution in [0.25, 0.3) is 0 Å². The lowest BCUT2D eigenvalue weighted by atomic mass is 10.1. The van der Waals surface area contributed by atoms with Gasteiger partial charge in [-0.3, -0.25) is 9.79 Å². The molecule has 0 aliphatic heterocycles. The van der Waals surface area contributed by atoms with Gasteiger partial charge in [0.1, 0.15) is 5.60 Å². The van der Waals surface area contributed by atoms with Crippen molar-refractivity contribution in [2.45, 2.75) is 32.9 Å². The van der Waals surface area contributed by atoms with Crippen LogP contribution in [0.5, 0.6) is 0 Å². The number of rotatable bonds is 6. The van der Waals surface area contributed by atoms with Crippen molar-refractivity contribution in [3.05, 3.63) is 35.4 Å². The van der Waals surface area contributed by atoms with Crippen LogP contribution < -0.4 is 21.7 Å². The van der Waals surface area contributed by atoms with Crippen LogP contribution in [0.2, 0.25) is 0 Å². The Morgan fingerprint density at radius 2 is 1.84 bits per heavy atom. The van der Waals surface area contributed by atoms with Gasteiger partial charge >= 0.3 is 6.09 Å². The van der Waals surface area contributed by atoms with E-state index in [4.69, 9.17) is 10.5 Å². The lowest BCUT2D eigenvalue weighted by Crippen LogP contribution is -2.42. The van der Waals surface area contributed by atoms with Crippen molar-refractivity contribution in [2.75, 3.05) is 20.1 Å². The van der Waals surface area contributed by atoms with Crippen LogP contribution in [-0.2, 0) is 11.3 Å². The lowest BCUT2D eigenvalue weighted by molar-refractivity contribution is 0.0528. The molecular weight excluding hydrogens is 322 g/mol. The van der Waals surface area contributed by atoms with Gasteiger partial charge in [0.25, 0.3) is 0 Å². The molecule has 0 fully saturated rings. The van der Waals surface area contributed by atoms with Gasteiger partial charge in [0, 0.05) is 32.2 Å². The van der Waals surface area contributed by atoms with Crippen molar-refractivity contribution >= 4 is 18.0 Å². The molecule has 0 aliphatic carbocycles. The van der Waals surface area contributed by atoms with E-state index in [-0.39, 0.29) is 0 Å². The summed E-state index contributed by atoms with van der Waals surface area (Å²) in [7, 11) is 1.65. The molecule has 0 atom stereocenters. The molecule has 0 heterocycles.